The van der Waals surface area contributed by atoms with E-state index < -0.39 is 9.84 Å². The molecule has 2 atom stereocenters. The number of carbonyl (C=O) groups excluding carboxylic acids is 1. The van der Waals surface area contributed by atoms with Gasteiger partial charge >= 0.3 is 0 Å². The molecule has 1 aromatic carbocycles. The molecule has 0 bridgehead atoms. The SMILES string of the molecule is Cc1ccc([C@H](C)C(=O)N2CCC[C@H](c3c(S(C)(=O)=O)cnc4ncnn34)C2)cc1. The van der Waals surface area contributed by atoms with Crippen molar-refractivity contribution in [3.63, 3.8) is 0 Å². The van der Waals surface area contributed by atoms with Crippen LogP contribution in [0, 0.1) is 6.92 Å². The minimum Gasteiger partial charge on any atom is -0.342 e. The molecule has 3 aromatic rings. The fourth-order valence-corrected chi connectivity index (χ4v) is 4.99. The van der Waals surface area contributed by atoms with Crippen LogP contribution in [-0.4, -0.2) is 58.2 Å². The van der Waals surface area contributed by atoms with Gasteiger partial charge in [0.2, 0.25) is 5.91 Å². The Morgan fingerprint density at radius 2 is 1.93 bits per heavy atom. The lowest BCUT2D eigenvalue weighted by molar-refractivity contribution is -0.133. The van der Waals surface area contributed by atoms with E-state index in [4.69, 9.17) is 0 Å². The van der Waals surface area contributed by atoms with Crippen molar-refractivity contribution in [2.75, 3.05) is 19.3 Å². The second kappa shape index (κ2) is 7.79. The van der Waals surface area contributed by atoms with Crippen molar-refractivity contribution < 1.29 is 13.2 Å². The minimum absolute atomic E-state index is 0.0494. The zero-order valence-corrected chi connectivity index (χ0v) is 18.1. The number of aryl methyl sites for hydroxylation is 1. The fraction of sp³-hybridized carbons (Fsp3) is 0.429. The predicted octanol–water partition coefficient (Wildman–Crippen LogP) is 2.35. The highest BCUT2D eigenvalue weighted by atomic mass is 32.2. The lowest BCUT2D eigenvalue weighted by atomic mass is 9.92. The molecule has 1 aliphatic rings. The van der Waals surface area contributed by atoms with E-state index in [0.29, 0.717) is 24.6 Å². The Labute approximate surface area is 175 Å². The van der Waals surface area contributed by atoms with Crippen molar-refractivity contribution in [1.82, 2.24) is 24.5 Å². The number of nitrogens with zero attached hydrogens (tertiary/aromatic N) is 5. The quantitative estimate of drug-likeness (QED) is 0.634. The van der Waals surface area contributed by atoms with Gasteiger partial charge in [0.15, 0.2) is 9.84 Å². The number of hydrogen-bond acceptors (Lipinski definition) is 6. The first-order valence-corrected chi connectivity index (χ1v) is 11.9. The van der Waals surface area contributed by atoms with E-state index in [1.54, 1.807) is 0 Å². The number of rotatable bonds is 4. The van der Waals surface area contributed by atoms with Gasteiger partial charge in [-0.15, -0.1) is 0 Å². The number of amides is 1. The third-order valence-corrected chi connectivity index (χ3v) is 6.89. The van der Waals surface area contributed by atoms with Crippen LogP contribution in [0.3, 0.4) is 0 Å². The third kappa shape index (κ3) is 3.81. The summed E-state index contributed by atoms with van der Waals surface area (Å²) in [6.45, 7) is 5.03. The van der Waals surface area contributed by atoms with E-state index in [2.05, 4.69) is 15.1 Å². The summed E-state index contributed by atoms with van der Waals surface area (Å²) in [7, 11) is -3.51. The molecule has 0 spiro atoms. The van der Waals surface area contributed by atoms with Crippen molar-refractivity contribution in [1.29, 1.82) is 0 Å². The molecule has 0 radical (unpaired) electrons. The van der Waals surface area contributed by atoms with E-state index >= 15 is 0 Å². The van der Waals surface area contributed by atoms with Crippen LogP contribution in [0.2, 0.25) is 0 Å². The first kappa shape index (κ1) is 20.5. The molecule has 0 N–H and O–H groups in total. The number of aromatic nitrogens is 4. The van der Waals surface area contributed by atoms with Crippen molar-refractivity contribution in [2.24, 2.45) is 0 Å². The Bertz CT molecular complexity index is 1190. The number of likely N-dealkylation sites (tertiary alicyclic amines) is 1. The normalized spacial score (nSPS) is 18.5. The van der Waals surface area contributed by atoms with Crippen LogP contribution >= 0.6 is 0 Å². The van der Waals surface area contributed by atoms with Gasteiger partial charge in [-0.1, -0.05) is 29.8 Å². The number of carbonyl (C=O) groups is 1. The average Bonchev–Trinajstić information content (AvgIpc) is 3.21. The van der Waals surface area contributed by atoms with Gasteiger partial charge in [-0.05, 0) is 32.3 Å². The molecular weight excluding hydrogens is 402 g/mol. The predicted molar refractivity (Wildman–Crippen MR) is 112 cm³/mol. The van der Waals surface area contributed by atoms with Gasteiger partial charge in [0, 0.05) is 25.3 Å². The largest absolute Gasteiger partial charge is 0.342 e. The van der Waals surface area contributed by atoms with E-state index in [-0.39, 0.29) is 22.6 Å². The maximum Gasteiger partial charge on any atom is 0.252 e. The molecule has 0 aliphatic carbocycles. The Morgan fingerprint density at radius 1 is 1.20 bits per heavy atom. The molecule has 8 nitrogen and oxygen atoms in total. The standard InChI is InChI=1S/C21H25N5O3S/c1-14-6-8-16(9-7-14)15(2)20(27)25-10-4-5-17(12-25)19-18(30(3,28)29)11-22-21-23-13-24-26(19)21/h6-9,11,13,15,17H,4-5,10,12H2,1-3H3/t15-,17-/m0/s1. The second-order valence-corrected chi connectivity index (χ2v) is 9.99. The molecule has 30 heavy (non-hydrogen) atoms. The number of piperidine rings is 1. The number of sulfone groups is 1. The number of benzene rings is 1. The molecular formula is C21H25N5O3S. The van der Waals surface area contributed by atoms with E-state index in [1.807, 2.05) is 43.0 Å². The van der Waals surface area contributed by atoms with Crippen LogP contribution in [0.15, 0.2) is 41.7 Å². The summed E-state index contributed by atoms with van der Waals surface area (Å²) in [4.78, 5) is 23.4. The summed E-state index contributed by atoms with van der Waals surface area (Å²) in [5, 5.41) is 4.20. The summed E-state index contributed by atoms with van der Waals surface area (Å²) in [5.74, 6) is -0.0189. The molecule has 2 aromatic heterocycles. The fourth-order valence-electron chi connectivity index (χ4n) is 4.11. The molecule has 0 saturated carbocycles. The van der Waals surface area contributed by atoms with Crippen LogP contribution in [0.1, 0.15) is 48.4 Å². The summed E-state index contributed by atoms with van der Waals surface area (Å²) in [6, 6.07) is 8.00. The van der Waals surface area contributed by atoms with Gasteiger partial charge in [-0.3, -0.25) is 4.79 Å². The van der Waals surface area contributed by atoms with Crippen LogP contribution in [0.4, 0.5) is 0 Å². The van der Waals surface area contributed by atoms with Crippen LogP contribution < -0.4 is 0 Å². The zero-order chi connectivity index (χ0) is 21.5. The Morgan fingerprint density at radius 3 is 2.63 bits per heavy atom. The molecule has 1 fully saturated rings. The molecule has 4 rings (SSSR count). The first-order valence-electron chi connectivity index (χ1n) is 9.99. The zero-order valence-electron chi connectivity index (χ0n) is 17.3. The molecule has 158 valence electrons. The van der Waals surface area contributed by atoms with Crippen molar-refractivity contribution >= 4 is 21.5 Å². The summed E-state index contributed by atoms with van der Waals surface area (Å²) in [6.07, 6.45) is 5.44. The van der Waals surface area contributed by atoms with Gasteiger partial charge in [0.25, 0.3) is 5.78 Å². The maximum absolute atomic E-state index is 13.2. The van der Waals surface area contributed by atoms with Crippen LogP contribution in [0.25, 0.3) is 5.78 Å². The first-order chi connectivity index (χ1) is 14.3. The molecule has 0 unspecified atom stereocenters. The Hall–Kier alpha value is -2.81. The average molecular weight is 428 g/mol. The van der Waals surface area contributed by atoms with Crippen molar-refractivity contribution in [2.45, 2.75) is 43.4 Å². The Kier molecular flexibility index (Phi) is 5.31. The van der Waals surface area contributed by atoms with E-state index in [9.17, 15) is 13.2 Å². The highest BCUT2D eigenvalue weighted by Crippen LogP contribution is 2.32. The smallest absolute Gasteiger partial charge is 0.252 e. The van der Waals surface area contributed by atoms with Gasteiger partial charge in [-0.25, -0.2) is 13.4 Å². The number of hydrogen-bond donors (Lipinski definition) is 0. The third-order valence-electron chi connectivity index (χ3n) is 5.77. The lowest BCUT2D eigenvalue weighted by Gasteiger charge is -2.35. The summed E-state index contributed by atoms with van der Waals surface area (Å²) < 4.78 is 26.3. The molecule has 3 heterocycles. The topological polar surface area (TPSA) is 97.5 Å². The second-order valence-electron chi connectivity index (χ2n) is 8.01. The van der Waals surface area contributed by atoms with Gasteiger partial charge in [0.05, 0.1) is 17.8 Å². The molecule has 1 aliphatic heterocycles. The highest BCUT2D eigenvalue weighted by Gasteiger charge is 2.32. The molecule has 9 heteroatoms. The molecule has 1 saturated heterocycles. The van der Waals surface area contributed by atoms with Gasteiger partial charge in [0.1, 0.15) is 11.2 Å². The highest BCUT2D eigenvalue weighted by molar-refractivity contribution is 7.90. The number of fused-ring (bicyclic) bond motifs is 1. The van der Waals surface area contributed by atoms with Crippen LogP contribution in [0.5, 0.6) is 0 Å². The summed E-state index contributed by atoms with van der Waals surface area (Å²) in [5.41, 5.74) is 2.69. The monoisotopic (exact) mass is 427 g/mol. The van der Waals surface area contributed by atoms with Gasteiger partial charge < -0.3 is 4.90 Å². The van der Waals surface area contributed by atoms with Crippen molar-refractivity contribution in [3.05, 3.63) is 53.6 Å². The minimum atomic E-state index is -3.51. The lowest BCUT2D eigenvalue weighted by Crippen LogP contribution is -2.41. The molecule has 1 amide bonds. The van der Waals surface area contributed by atoms with Crippen molar-refractivity contribution in [3.8, 4) is 0 Å². The van der Waals surface area contributed by atoms with E-state index in [1.165, 1.54) is 23.3 Å². The Balaban J connectivity index is 1.65. The maximum atomic E-state index is 13.2. The van der Waals surface area contributed by atoms with E-state index in [0.717, 1.165) is 24.0 Å². The summed E-state index contributed by atoms with van der Waals surface area (Å²) >= 11 is 0. The van der Waals surface area contributed by atoms with Gasteiger partial charge in [-0.2, -0.15) is 14.6 Å². The van der Waals surface area contributed by atoms with Crippen LogP contribution in [-0.2, 0) is 14.6 Å².